The van der Waals surface area contributed by atoms with Crippen molar-refractivity contribution in [1.29, 1.82) is 5.26 Å². The third-order valence-corrected chi connectivity index (χ3v) is 2.20. The molecule has 0 unspecified atom stereocenters. The second-order valence-corrected chi connectivity index (χ2v) is 3.58. The third-order valence-electron chi connectivity index (χ3n) is 2.20. The van der Waals surface area contributed by atoms with Crippen LogP contribution in [0.4, 0.5) is 10.5 Å². The molecule has 88 valence electrons. The predicted molar refractivity (Wildman–Crippen MR) is 63.7 cm³/mol. The molecule has 0 saturated heterocycles. The minimum absolute atomic E-state index is 0.0236. The van der Waals surface area contributed by atoms with Crippen molar-refractivity contribution in [3.05, 3.63) is 29.8 Å². The van der Waals surface area contributed by atoms with E-state index in [2.05, 4.69) is 5.32 Å². The fourth-order valence-electron chi connectivity index (χ4n) is 1.19. The lowest BCUT2D eigenvalue weighted by molar-refractivity contribution is 0.101. The van der Waals surface area contributed by atoms with E-state index in [1.165, 1.54) is 18.9 Å². The van der Waals surface area contributed by atoms with E-state index in [4.69, 9.17) is 5.26 Å². The number of rotatable bonds is 3. The van der Waals surface area contributed by atoms with Gasteiger partial charge < -0.3 is 10.2 Å². The molecule has 0 fully saturated rings. The van der Waals surface area contributed by atoms with Crippen LogP contribution in [0.5, 0.6) is 0 Å². The molecule has 2 amide bonds. The number of amides is 2. The summed E-state index contributed by atoms with van der Waals surface area (Å²) in [5.41, 5.74) is 1.18. The highest BCUT2D eigenvalue weighted by atomic mass is 16.2. The molecule has 1 aromatic rings. The van der Waals surface area contributed by atoms with Crippen molar-refractivity contribution in [1.82, 2.24) is 4.90 Å². The number of nitrogens with one attached hydrogen (secondary N) is 1. The van der Waals surface area contributed by atoms with Crippen molar-refractivity contribution in [3.8, 4) is 6.07 Å². The van der Waals surface area contributed by atoms with Crippen LogP contribution < -0.4 is 5.32 Å². The smallest absolute Gasteiger partial charge is 0.314 e. The van der Waals surface area contributed by atoms with Gasteiger partial charge in [0.05, 0.1) is 6.07 Å². The van der Waals surface area contributed by atoms with Gasteiger partial charge in [0.2, 0.25) is 0 Å². The third kappa shape index (κ3) is 3.61. The SMILES string of the molecule is CC(=O)c1ccc(NC(=O)N(C)CC#N)cc1. The minimum atomic E-state index is -0.359. The van der Waals surface area contributed by atoms with Gasteiger partial charge in [-0.25, -0.2) is 4.79 Å². The summed E-state index contributed by atoms with van der Waals surface area (Å²) >= 11 is 0. The maximum Gasteiger partial charge on any atom is 0.322 e. The van der Waals surface area contributed by atoms with Gasteiger partial charge in [0.25, 0.3) is 0 Å². The normalized spacial score (nSPS) is 9.24. The average molecular weight is 231 g/mol. The van der Waals surface area contributed by atoms with E-state index in [0.29, 0.717) is 11.3 Å². The second-order valence-electron chi connectivity index (χ2n) is 3.58. The lowest BCUT2D eigenvalue weighted by Crippen LogP contribution is -2.31. The average Bonchev–Trinajstić information content (AvgIpc) is 2.30. The van der Waals surface area contributed by atoms with Gasteiger partial charge >= 0.3 is 6.03 Å². The largest absolute Gasteiger partial charge is 0.322 e. The Hall–Kier alpha value is -2.35. The molecule has 0 atom stereocenters. The molecular formula is C12H13N3O2. The molecule has 1 aromatic carbocycles. The molecule has 0 aliphatic heterocycles. The van der Waals surface area contributed by atoms with Crippen LogP contribution in [0.1, 0.15) is 17.3 Å². The van der Waals surface area contributed by atoms with Crippen molar-refractivity contribution in [2.24, 2.45) is 0 Å². The van der Waals surface area contributed by atoms with Gasteiger partial charge in [-0.3, -0.25) is 4.79 Å². The van der Waals surface area contributed by atoms with Gasteiger partial charge in [0, 0.05) is 18.3 Å². The monoisotopic (exact) mass is 231 g/mol. The van der Waals surface area contributed by atoms with Gasteiger partial charge in [-0.15, -0.1) is 0 Å². The topological polar surface area (TPSA) is 73.2 Å². The van der Waals surface area contributed by atoms with Gasteiger partial charge in [-0.05, 0) is 31.2 Å². The van der Waals surface area contributed by atoms with Gasteiger partial charge in [-0.1, -0.05) is 0 Å². The highest BCUT2D eigenvalue weighted by molar-refractivity contribution is 5.95. The Morgan fingerprint density at radius 3 is 2.41 bits per heavy atom. The summed E-state index contributed by atoms with van der Waals surface area (Å²) in [7, 11) is 1.53. The highest BCUT2D eigenvalue weighted by Gasteiger charge is 2.07. The van der Waals surface area contributed by atoms with Crippen LogP contribution in [0, 0.1) is 11.3 Å². The quantitative estimate of drug-likeness (QED) is 0.637. The summed E-state index contributed by atoms with van der Waals surface area (Å²) in [5.74, 6) is -0.0236. The van der Waals surface area contributed by atoms with Gasteiger partial charge in [0.1, 0.15) is 6.54 Å². The zero-order valence-electron chi connectivity index (χ0n) is 9.73. The van der Waals surface area contributed by atoms with Crippen molar-refractivity contribution in [3.63, 3.8) is 0 Å². The van der Waals surface area contributed by atoms with E-state index in [9.17, 15) is 9.59 Å². The van der Waals surface area contributed by atoms with Crippen LogP contribution in [0.25, 0.3) is 0 Å². The summed E-state index contributed by atoms with van der Waals surface area (Å²) in [4.78, 5) is 23.8. The second kappa shape index (κ2) is 5.66. The lowest BCUT2D eigenvalue weighted by atomic mass is 10.1. The summed E-state index contributed by atoms with van der Waals surface area (Å²) < 4.78 is 0. The summed E-state index contributed by atoms with van der Waals surface area (Å²) in [6.45, 7) is 1.51. The van der Waals surface area contributed by atoms with Crippen LogP contribution in [-0.2, 0) is 0 Å². The maximum absolute atomic E-state index is 11.5. The number of hydrogen-bond acceptors (Lipinski definition) is 3. The zero-order chi connectivity index (χ0) is 12.8. The van der Waals surface area contributed by atoms with Crippen molar-refractivity contribution in [2.75, 3.05) is 18.9 Å². The van der Waals surface area contributed by atoms with Crippen LogP contribution in [0.3, 0.4) is 0 Å². The first-order valence-corrected chi connectivity index (χ1v) is 5.04. The van der Waals surface area contributed by atoms with Crippen LogP contribution in [0.15, 0.2) is 24.3 Å². The number of nitriles is 1. The number of benzene rings is 1. The van der Waals surface area contributed by atoms with Crippen LogP contribution in [0.2, 0.25) is 0 Å². The highest BCUT2D eigenvalue weighted by Crippen LogP contribution is 2.10. The molecule has 0 aliphatic carbocycles. The van der Waals surface area contributed by atoms with E-state index >= 15 is 0 Å². The fraction of sp³-hybridized carbons (Fsp3) is 0.250. The van der Waals surface area contributed by atoms with E-state index in [1.54, 1.807) is 24.3 Å². The number of hydrogen-bond donors (Lipinski definition) is 1. The first kappa shape index (κ1) is 12.7. The summed E-state index contributed by atoms with van der Waals surface area (Å²) in [6.07, 6.45) is 0. The fourth-order valence-corrected chi connectivity index (χ4v) is 1.19. The van der Waals surface area contributed by atoms with E-state index in [0.717, 1.165) is 0 Å². The van der Waals surface area contributed by atoms with Gasteiger partial charge in [0.15, 0.2) is 5.78 Å². The van der Waals surface area contributed by atoms with E-state index in [1.807, 2.05) is 6.07 Å². The molecular weight excluding hydrogens is 218 g/mol. The number of carbonyl (C=O) groups excluding carboxylic acids is 2. The first-order valence-electron chi connectivity index (χ1n) is 5.04. The van der Waals surface area contributed by atoms with Crippen molar-refractivity contribution < 1.29 is 9.59 Å². The Morgan fingerprint density at radius 2 is 1.94 bits per heavy atom. The van der Waals surface area contributed by atoms with Crippen molar-refractivity contribution in [2.45, 2.75) is 6.92 Å². The lowest BCUT2D eigenvalue weighted by Gasteiger charge is -2.14. The zero-order valence-corrected chi connectivity index (χ0v) is 9.73. The first-order chi connectivity index (χ1) is 8.04. The molecule has 17 heavy (non-hydrogen) atoms. The molecule has 0 saturated carbocycles. The Balaban J connectivity index is 2.67. The number of Topliss-reactive ketones (excluding diaryl/α,β-unsaturated/α-hetero) is 1. The number of nitrogens with zero attached hydrogens (tertiary/aromatic N) is 2. The van der Waals surface area contributed by atoms with E-state index in [-0.39, 0.29) is 18.4 Å². The predicted octanol–water partition coefficient (Wildman–Crippen LogP) is 1.88. The van der Waals surface area contributed by atoms with E-state index < -0.39 is 0 Å². The van der Waals surface area contributed by atoms with Crippen LogP contribution in [-0.4, -0.2) is 30.3 Å². The standard InChI is InChI=1S/C12H13N3O2/c1-9(16)10-3-5-11(6-4-10)14-12(17)15(2)8-7-13/h3-6H,8H2,1-2H3,(H,14,17). The Labute approximate surface area is 99.6 Å². The molecule has 1 N–H and O–H groups in total. The number of carbonyl (C=O) groups is 2. The molecule has 5 nitrogen and oxygen atoms in total. The molecule has 0 bridgehead atoms. The molecule has 0 aliphatic rings. The number of anilines is 1. The van der Waals surface area contributed by atoms with Crippen LogP contribution >= 0.6 is 0 Å². The Bertz CT molecular complexity index is 460. The van der Waals surface area contributed by atoms with Gasteiger partial charge in [-0.2, -0.15) is 5.26 Å². The molecule has 1 rings (SSSR count). The van der Waals surface area contributed by atoms with Crippen molar-refractivity contribution >= 4 is 17.5 Å². The number of urea groups is 1. The molecule has 0 radical (unpaired) electrons. The Kier molecular flexibility index (Phi) is 4.23. The molecule has 0 aromatic heterocycles. The maximum atomic E-state index is 11.5. The minimum Gasteiger partial charge on any atom is -0.314 e. The molecule has 0 spiro atoms. The molecule has 0 heterocycles. The number of ketones is 1. The molecule has 5 heteroatoms. The summed E-state index contributed by atoms with van der Waals surface area (Å²) in [5, 5.41) is 11.1. The summed E-state index contributed by atoms with van der Waals surface area (Å²) in [6, 6.07) is 8.10. The Morgan fingerprint density at radius 1 is 1.35 bits per heavy atom.